The zero-order valence-electron chi connectivity index (χ0n) is 10.9. The molecule has 0 aliphatic heterocycles. The van der Waals surface area contributed by atoms with Crippen LogP contribution in [-0.2, 0) is 20.0 Å². The molecule has 0 aliphatic rings. The Bertz CT molecular complexity index is 432. The van der Waals surface area contributed by atoms with E-state index in [1.165, 1.54) is 20.3 Å². The van der Waals surface area contributed by atoms with Crippen LogP contribution in [0.2, 0.25) is 0 Å². The van der Waals surface area contributed by atoms with E-state index in [4.69, 9.17) is 9.26 Å². The summed E-state index contributed by atoms with van der Waals surface area (Å²) >= 11 is 0. The van der Waals surface area contributed by atoms with Crippen molar-refractivity contribution >= 4 is 7.82 Å². The Morgan fingerprint density at radius 3 is 2.28 bits per heavy atom. The first-order chi connectivity index (χ1) is 8.56. The zero-order chi connectivity index (χ0) is 13.6. The number of phosphoric acid groups is 1. The van der Waals surface area contributed by atoms with E-state index in [9.17, 15) is 4.57 Å². The highest BCUT2D eigenvalue weighted by atomic mass is 31.2. The van der Waals surface area contributed by atoms with E-state index < -0.39 is 7.82 Å². The van der Waals surface area contributed by atoms with Gasteiger partial charge < -0.3 is 9.26 Å². The summed E-state index contributed by atoms with van der Waals surface area (Å²) < 4.78 is 31.5. The van der Waals surface area contributed by atoms with Crippen LogP contribution in [0.25, 0.3) is 0 Å². The number of ether oxygens (including phenoxy) is 1. The van der Waals surface area contributed by atoms with Crippen LogP contribution in [0.5, 0.6) is 11.8 Å². The van der Waals surface area contributed by atoms with Gasteiger partial charge in [0.1, 0.15) is 5.82 Å². The molecule has 1 heterocycles. The highest BCUT2D eigenvalue weighted by Gasteiger charge is 2.26. The van der Waals surface area contributed by atoms with Gasteiger partial charge in [-0.25, -0.2) is 4.57 Å². The number of hydrogen-bond acceptors (Lipinski definition) is 7. The Balaban J connectivity index is 3.00. The van der Waals surface area contributed by atoms with Crippen LogP contribution in [0, 0.1) is 0 Å². The molecule has 0 atom stereocenters. The van der Waals surface area contributed by atoms with Gasteiger partial charge >= 0.3 is 7.82 Å². The van der Waals surface area contributed by atoms with Crippen LogP contribution in [0.1, 0.15) is 19.7 Å². The van der Waals surface area contributed by atoms with Crippen LogP contribution in [-0.4, -0.2) is 30.8 Å². The number of nitrogens with zero attached hydrogens (tertiary/aromatic N) is 2. The fourth-order valence-corrected chi connectivity index (χ4v) is 1.76. The van der Waals surface area contributed by atoms with Crippen molar-refractivity contribution in [3.05, 3.63) is 11.9 Å². The third-order valence-corrected chi connectivity index (χ3v) is 3.29. The molecule has 7 nitrogen and oxygen atoms in total. The molecule has 0 saturated carbocycles. The lowest BCUT2D eigenvalue weighted by Crippen LogP contribution is -2.04. The first-order valence-electron chi connectivity index (χ1n) is 5.48. The SMILES string of the molecule is CCOc1cc(OP(=O)(OC)OC)nc(CC)n1. The minimum atomic E-state index is -3.62. The third kappa shape index (κ3) is 3.94. The van der Waals surface area contributed by atoms with Gasteiger partial charge in [-0.15, -0.1) is 0 Å². The molecule has 8 heteroatoms. The summed E-state index contributed by atoms with van der Waals surface area (Å²) in [6.45, 7) is 4.19. The molecule has 0 unspecified atom stereocenters. The molecule has 0 aliphatic carbocycles. The summed E-state index contributed by atoms with van der Waals surface area (Å²) in [7, 11) is -1.15. The molecule has 0 saturated heterocycles. The Hall–Kier alpha value is -1.17. The normalized spacial score (nSPS) is 11.3. The molecule has 0 fully saturated rings. The third-order valence-electron chi connectivity index (χ3n) is 1.99. The van der Waals surface area contributed by atoms with Gasteiger partial charge in [-0.1, -0.05) is 6.92 Å². The molecule has 1 aromatic heterocycles. The average Bonchev–Trinajstić information content (AvgIpc) is 2.38. The van der Waals surface area contributed by atoms with Crippen LogP contribution in [0.15, 0.2) is 6.07 Å². The van der Waals surface area contributed by atoms with Gasteiger partial charge in [-0.2, -0.15) is 9.97 Å². The molecule has 0 radical (unpaired) electrons. The maximum atomic E-state index is 11.8. The molecule has 1 rings (SSSR count). The van der Waals surface area contributed by atoms with Crippen molar-refractivity contribution in [3.63, 3.8) is 0 Å². The van der Waals surface area contributed by atoms with E-state index in [-0.39, 0.29) is 5.88 Å². The standard InChI is InChI=1S/C10H17N2O5P/c1-5-8-11-9(16-6-2)7-10(12-8)17-18(13,14-3)15-4/h7H,5-6H2,1-4H3. The summed E-state index contributed by atoms with van der Waals surface area (Å²) in [4.78, 5) is 8.21. The van der Waals surface area contributed by atoms with E-state index in [1.54, 1.807) is 0 Å². The molecule has 0 N–H and O–H groups in total. The van der Waals surface area contributed by atoms with Gasteiger partial charge in [-0.05, 0) is 6.92 Å². The maximum Gasteiger partial charge on any atom is 0.530 e. The van der Waals surface area contributed by atoms with Crippen LogP contribution < -0.4 is 9.26 Å². The minimum absolute atomic E-state index is 0.0948. The van der Waals surface area contributed by atoms with Crippen molar-refractivity contribution < 1.29 is 22.9 Å². The second-order valence-electron chi connectivity index (χ2n) is 3.15. The number of phosphoric ester groups is 1. The van der Waals surface area contributed by atoms with Crippen LogP contribution in [0.3, 0.4) is 0 Å². The van der Waals surface area contributed by atoms with Crippen molar-refractivity contribution in [1.82, 2.24) is 9.97 Å². The lowest BCUT2D eigenvalue weighted by atomic mass is 10.4. The Morgan fingerprint density at radius 1 is 1.17 bits per heavy atom. The fraction of sp³-hybridized carbons (Fsp3) is 0.600. The van der Waals surface area contributed by atoms with Gasteiger partial charge in [0.2, 0.25) is 11.8 Å². The molecule has 0 spiro atoms. The fourth-order valence-electron chi connectivity index (χ4n) is 1.14. The number of hydrogen-bond donors (Lipinski definition) is 0. The summed E-state index contributed by atoms with van der Waals surface area (Å²) in [5.41, 5.74) is 0. The van der Waals surface area contributed by atoms with Gasteiger partial charge in [0, 0.05) is 20.6 Å². The lowest BCUT2D eigenvalue weighted by Gasteiger charge is -2.14. The highest BCUT2D eigenvalue weighted by molar-refractivity contribution is 7.48. The van der Waals surface area contributed by atoms with Crippen molar-refractivity contribution in [2.75, 3.05) is 20.8 Å². The van der Waals surface area contributed by atoms with Crippen molar-refractivity contribution in [1.29, 1.82) is 0 Å². The van der Waals surface area contributed by atoms with Crippen LogP contribution >= 0.6 is 7.82 Å². The van der Waals surface area contributed by atoms with E-state index >= 15 is 0 Å². The summed E-state index contributed by atoms with van der Waals surface area (Å²) in [6, 6.07) is 1.44. The molecule has 102 valence electrons. The second-order valence-corrected chi connectivity index (χ2v) is 4.96. The second kappa shape index (κ2) is 6.68. The van der Waals surface area contributed by atoms with Gasteiger partial charge in [0.15, 0.2) is 0 Å². The number of rotatable bonds is 7. The lowest BCUT2D eigenvalue weighted by molar-refractivity contribution is 0.208. The molecule has 0 amide bonds. The highest BCUT2D eigenvalue weighted by Crippen LogP contribution is 2.47. The molecule has 0 aromatic carbocycles. The Labute approximate surface area is 106 Å². The molecule has 1 aromatic rings. The van der Waals surface area contributed by atoms with E-state index in [0.29, 0.717) is 24.7 Å². The van der Waals surface area contributed by atoms with Crippen molar-refractivity contribution in [2.45, 2.75) is 20.3 Å². The van der Waals surface area contributed by atoms with E-state index in [0.717, 1.165) is 0 Å². The predicted molar refractivity (Wildman–Crippen MR) is 64.8 cm³/mol. The quantitative estimate of drug-likeness (QED) is 0.706. The number of aryl methyl sites for hydroxylation is 1. The average molecular weight is 276 g/mol. The topological polar surface area (TPSA) is 79.8 Å². The largest absolute Gasteiger partial charge is 0.530 e. The first kappa shape index (κ1) is 14.9. The summed E-state index contributed by atoms with van der Waals surface area (Å²) in [5, 5.41) is 0. The maximum absolute atomic E-state index is 11.8. The predicted octanol–water partition coefficient (Wildman–Crippen LogP) is 2.22. The number of aromatic nitrogens is 2. The minimum Gasteiger partial charge on any atom is -0.478 e. The smallest absolute Gasteiger partial charge is 0.478 e. The van der Waals surface area contributed by atoms with Gasteiger partial charge in [0.25, 0.3) is 0 Å². The summed E-state index contributed by atoms with van der Waals surface area (Å²) in [5.74, 6) is 0.977. The Kier molecular flexibility index (Phi) is 5.53. The van der Waals surface area contributed by atoms with Crippen molar-refractivity contribution in [3.8, 4) is 11.8 Å². The van der Waals surface area contributed by atoms with Gasteiger partial charge in [-0.3, -0.25) is 9.05 Å². The monoisotopic (exact) mass is 276 g/mol. The van der Waals surface area contributed by atoms with Crippen LogP contribution in [0.4, 0.5) is 0 Å². The van der Waals surface area contributed by atoms with E-state index in [1.807, 2.05) is 13.8 Å². The molecular weight excluding hydrogens is 259 g/mol. The molecule has 0 bridgehead atoms. The zero-order valence-corrected chi connectivity index (χ0v) is 11.8. The first-order valence-corrected chi connectivity index (χ1v) is 6.94. The Morgan fingerprint density at radius 2 is 1.78 bits per heavy atom. The molecular formula is C10H17N2O5P. The molecule has 18 heavy (non-hydrogen) atoms. The van der Waals surface area contributed by atoms with Gasteiger partial charge in [0.05, 0.1) is 12.7 Å². The van der Waals surface area contributed by atoms with Crippen molar-refractivity contribution in [2.24, 2.45) is 0 Å². The van der Waals surface area contributed by atoms with E-state index in [2.05, 4.69) is 19.0 Å². The summed E-state index contributed by atoms with van der Waals surface area (Å²) in [6.07, 6.45) is 0.599.